The maximum atomic E-state index is 5.90. The van der Waals surface area contributed by atoms with Crippen molar-refractivity contribution < 1.29 is 4.74 Å². The minimum Gasteiger partial charge on any atom is -0.378 e. The van der Waals surface area contributed by atoms with E-state index in [1.807, 2.05) is 6.20 Å². The first-order valence-electron chi connectivity index (χ1n) is 7.68. The van der Waals surface area contributed by atoms with Crippen LogP contribution < -0.4 is 5.32 Å². The highest BCUT2D eigenvalue weighted by Crippen LogP contribution is 2.38. The molecule has 5 heteroatoms. The highest BCUT2D eigenvalue weighted by Gasteiger charge is 2.36. The quantitative estimate of drug-likeness (QED) is 0.855. The van der Waals surface area contributed by atoms with Crippen molar-refractivity contribution >= 4 is 15.9 Å². The third-order valence-electron chi connectivity index (χ3n) is 4.09. The minimum atomic E-state index is 0.298. The molecule has 1 fully saturated rings. The van der Waals surface area contributed by atoms with Gasteiger partial charge in [-0.25, -0.2) is 0 Å². The Morgan fingerprint density at radius 1 is 1.50 bits per heavy atom. The third-order valence-corrected chi connectivity index (χ3v) is 4.70. The van der Waals surface area contributed by atoms with Crippen LogP contribution in [0.15, 0.2) is 10.7 Å². The molecular formula is C15H26BrN3O. The summed E-state index contributed by atoms with van der Waals surface area (Å²) in [6.45, 7) is 10.5. The summed E-state index contributed by atoms with van der Waals surface area (Å²) in [6, 6.07) is 0.659. The summed E-state index contributed by atoms with van der Waals surface area (Å²) >= 11 is 3.68. The standard InChI is InChI=1S/C15H26BrN3O/c1-5-13-11(7-8-20-13)14(17-6-2)15-12(16)9-18-19(15)10(3)4/h9-11,13-14,17H,5-8H2,1-4H3. The zero-order chi connectivity index (χ0) is 14.7. The van der Waals surface area contributed by atoms with Gasteiger partial charge in [-0.1, -0.05) is 13.8 Å². The Kier molecular flexibility index (Phi) is 5.64. The zero-order valence-corrected chi connectivity index (χ0v) is 14.5. The second-order valence-electron chi connectivity index (χ2n) is 5.72. The van der Waals surface area contributed by atoms with E-state index in [1.54, 1.807) is 0 Å². The van der Waals surface area contributed by atoms with Gasteiger partial charge in [0.1, 0.15) is 0 Å². The highest BCUT2D eigenvalue weighted by molar-refractivity contribution is 9.10. The van der Waals surface area contributed by atoms with Crippen LogP contribution in [0.4, 0.5) is 0 Å². The van der Waals surface area contributed by atoms with E-state index >= 15 is 0 Å². The molecule has 0 aromatic carbocycles. The summed E-state index contributed by atoms with van der Waals surface area (Å²) in [4.78, 5) is 0. The Hall–Kier alpha value is -0.390. The summed E-state index contributed by atoms with van der Waals surface area (Å²) in [5.41, 5.74) is 1.26. The summed E-state index contributed by atoms with van der Waals surface area (Å²) in [7, 11) is 0. The lowest BCUT2D eigenvalue weighted by Gasteiger charge is -2.29. The molecule has 2 rings (SSSR count). The second kappa shape index (κ2) is 7.05. The lowest BCUT2D eigenvalue weighted by atomic mass is 9.89. The molecule has 20 heavy (non-hydrogen) atoms. The van der Waals surface area contributed by atoms with Gasteiger partial charge in [-0.15, -0.1) is 0 Å². The molecule has 4 nitrogen and oxygen atoms in total. The van der Waals surface area contributed by atoms with Gasteiger partial charge in [0.15, 0.2) is 0 Å². The average Bonchev–Trinajstić information content (AvgIpc) is 3.02. The van der Waals surface area contributed by atoms with E-state index < -0.39 is 0 Å². The number of halogens is 1. The minimum absolute atomic E-state index is 0.298. The first-order valence-corrected chi connectivity index (χ1v) is 8.47. The summed E-state index contributed by atoms with van der Waals surface area (Å²) in [6.07, 6.45) is 4.45. The molecule has 0 bridgehead atoms. The maximum Gasteiger partial charge on any atom is 0.0702 e. The van der Waals surface area contributed by atoms with E-state index in [2.05, 4.69) is 58.7 Å². The van der Waals surface area contributed by atoms with Gasteiger partial charge in [-0.3, -0.25) is 4.68 Å². The van der Waals surface area contributed by atoms with Crippen molar-refractivity contribution in [2.24, 2.45) is 5.92 Å². The van der Waals surface area contributed by atoms with Gasteiger partial charge in [-0.05, 0) is 49.2 Å². The fourth-order valence-electron chi connectivity index (χ4n) is 3.19. The van der Waals surface area contributed by atoms with Gasteiger partial charge >= 0.3 is 0 Å². The van der Waals surface area contributed by atoms with E-state index in [0.717, 1.165) is 30.5 Å². The SMILES string of the molecule is CCNC(c1c(Br)cnn1C(C)C)C1CCOC1CC. The van der Waals surface area contributed by atoms with Crippen molar-refractivity contribution in [1.82, 2.24) is 15.1 Å². The van der Waals surface area contributed by atoms with Crippen LogP contribution in [0.5, 0.6) is 0 Å². The van der Waals surface area contributed by atoms with Crippen LogP contribution in [-0.2, 0) is 4.74 Å². The molecule has 114 valence electrons. The van der Waals surface area contributed by atoms with Gasteiger partial charge < -0.3 is 10.1 Å². The molecule has 1 saturated heterocycles. The Labute approximate surface area is 130 Å². The number of hydrogen-bond donors (Lipinski definition) is 1. The van der Waals surface area contributed by atoms with Crippen molar-refractivity contribution in [3.05, 3.63) is 16.4 Å². The number of aromatic nitrogens is 2. The summed E-state index contributed by atoms with van der Waals surface area (Å²) < 4.78 is 9.12. The predicted molar refractivity (Wildman–Crippen MR) is 84.9 cm³/mol. The van der Waals surface area contributed by atoms with E-state index in [-0.39, 0.29) is 0 Å². The topological polar surface area (TPSA) is 39.1 Å². The van der Waals surface area contributed by atoms with Gasteiger partial charge in [0.25, 0.3) is 0 Å². The molecule has 1 aliphatic rings. The van der Waals surface area contributed by atoms with Crippen LogP contribution in [0.25, 0.3) is 0 Å². The maximum absolute atomic E-state index is 5.90. The van der Waals surface area contributed by atoms with Crippen molar-refractivity contribution in [2.75, 3.05) is 13.2 Å². The molecule has 1 aromatic rings. The Morgan fingerprint density at radius 3 is 2.85 bits per heavy atom. The monoisotopic (exact) mass is 343 g/mol. The van der Waals surface area contributed by atoms with Crippen molar-refractivity contribution in [2.45, 2.75) is 58.7 Å². The molecule has 1 aromatic heterocycles. The van der Waals surface area contributed by atoms with Crippen LogP contribution in [0.3, 0.4) is 0 Å². The van der Waals surface area contributed by atoms with Gasteiger partial charge in [0.05, 0.1) is 28.5 Å². The zero-order valence-electron chi connectivity index (χ0n) is 12.9. The number of hydrogen-bond acceptors (Lipinski definition) is 3. The van der Waals surface area contributed by atoms with Gasteiger partial charge in [-0.2, -0.15) is 5.10 Å². The first-order chi connectivity index (χ1) is 9.60. The Balaban J connectivity index is 2.35. The normalized spacial score (nSPS) is 24.5. The molecule has 0 radical (unpaired) electrons. The van der Waals surface area contributed by atoms with Crippen molar-refractivity contribution in [1.29, 1.82) is 0 Å². The van der Waals surface area contributed by atoms with Gasteiger partial charge in [0.2, 0.25) is 0 Å². The number of rotatable bonds is 6. The van der Waals surface area contributed by atoms with Gasteiger partial charge in [0, 0.05) is 18.6 Å². The van der Waals surface area contributed by atoms with Crippen LogP contribution in [-0.4, -0.2) is 29.0 Å². The van der Waals surface area contributed by atoms with E-state index in [9.17, 15) is 0 Å². The molecule has 0 spiro atoms. The fraction of sp³-hybridized carbons (Fsp3) is 0.800. The van der Waals surface area contributed by atoms with E-state index in [1.165, 1.54) is 5.69 Å². The largest absolute Gasteiger partial charge is 0.378 e. The van der Waals surface area contributed by atoms with Crippen LogP contribution in [0, 0.1) is 5.92 Å². The average molecular weight is 344 g/mol. The molecule has 2 heterocycles. The Bertz CT molecular complexity index is 433. The summed E-state index contributed by atoms with van der Waals surface area (Å²) in [5, 5.41) is 8.19. The molecule has 0 saturated carbocycles. The molecule has 0 amide bonds. The molecule has 1 aliphatic heterocycles. The predicted octanol–water partition coefficient (Wildman–Crippen LogP) is 3.69. The third kappa shape index (κ3) is 3.10. The number of nitrogens with one attached hydrogen (secondary N) is 1. The lowest BCUT2D eigenvalue weighted by Crippen LogP contribution is -2.35. The van der Waals surface area contributed by atoms with E-state index in [4.69, 9.17) is 4.74 Å². The molecule has 3 atom stereocenters. The second-order valence-corrected chi connectivity index (χ2v) is 6.58. The summed E-state index contributed by atoms with van der Waals surface area (Å²) in [5.74, 6) is 0.519. The highest BCUT2D eigenvalue weighted by atomic mass is 79.9. The van der Waals surface area contributed by atoms with E-state index in [0.29, 0.717) is 24.1 Å². The molecule has 0 aliphatic carbocycles. The van der Waals surface area contributed by atoms with Crippen molar-refractivity contribution in [3.63, 3.8) is 0 Å². The number of nitrogens with zero attached hydrogens (tertiary/aromatic N) is 2. The first kappa shape index (κ1) is 16.0. The van der Waals surface area contributed by atoms with Crippen LogP contribution in [0.2, 0.25) is 0 Å². The molecular weight excluding hydrogens is 318 g/mol. The van der Waals surface area contributed by atoms with Crippen LogP contribution in [0.1, 0.15) is 58.3 Å². The van der Waals surface area contributed by atoms with Crippen LogP contribution >= 0.6 is 15.9 Å². The molecule has 1 N–H and O–H groups in total. The number of ether oxygens (including phenoxy) is 1. The fourth-order valence-corrected chi connectivity index (χ4v) is 3.71. The lowest BCUT2D eigenvalue weighted by molar-refractivity contribution is 0.0763. The molecule has 3 unspecified atom stereocenters. The smallest absolute Gasteiger partial charge is 0.0702 e. The Morgan fingerprint density at radius 2 is 2.25 bits per heavy atom. The van der Waals surface area contributed by atoms with Crippen molar-refractivity contribution in [3.8, 4) is 0 Å².